The average Bonchev–Trinajstić information content (AvgIpc) is 3.03. The molecule has 1 heterocycles. The molecular weight excluding hydrogens is 463 g/mol. The molecule has 4 rings (SSSR count). The zero-order valence-corrected chi connectivity index (χ0v) is 18.8. The maximum Gasteiger partial charge on any atom is 0.343 e. The maximum absolute atomic E-state index is 12.8. The van der Waals surface area contributed by atoms with Crippen LogP contribution in [0, 0.1) is 0 Å². The SMILES string of the molecule is O=C(Oc1ccccc1Cl)c1ccc(NC2=C(Cl)C(=O)N(CCc3ccccc3)C2=O)cc1. The first-order valence-electron chi connectivity index (χ1n) is 10.1. The fourth-order valence-corrected chi connectivity index (χ4v) is 3.67. The quantitative estimate of drug-likeness (QED) is 0.291. The third kappa shape index (κ3) is 5.08. The molecule has 0 fully saturated rings. The van der Waals surface area contributed by atoms with E-state index in [4.69, 9.17) is 27.9 Å². The Labute approximate surface area is 200 Å². The van der Waals surface area contributed by atoms with Crippen molar-refractivity contribution in [3.05, 3.63) is 106 Å². The second-order valence-electron chi connectivity index (χ2n) is 7.21. The lowest BCUT2D eigenvalue weighted by molar-refractivity contribution is -0.137. The third-order valence-electron chi connectivity index (χ3n) is 5.01. The lowest BCUT2D eigenvalue weighted by Crippen LogP contribution is -2.34. The van der Waals surface area contributed by atoms with Gasteiger partial charge in [-0.05, 0) is 48.4 Å². The van der Waals surface area contributed by atoms with E-state index in [0.717, 1.165) is 10.5 Å². The minimum atomic E-state index is -0.578. The largest absolute Gasteiger partial charge is 0.421 e. The van der Waals surface area contributed by atoms with E-state index in [9.17, 15) is 14.4 Å². The average molecular weight is 481 g/mol. The van der Waals surface area contributed by atoms with Crippen molar-refractivity contribution in [2.24, 2.45) is 0 Å². The van der Waals surface area contributed by atoms with Crippen LogP contribution in [0.3, 0.4) is 0 Å². The number of imide groups is 1. The van der Waals surface area contributed by atoms with Crippen molar-refractivity contribution in [1.29, 1.82) is 0 Å². The van der Waals surface area contributed by atoms with Gasteiger partial charge in [-0.3, -0.25) is 14.5 Å². The van der Waals surface area contributed by atoms with Crippen LogP contribution in [0.15, 0.2) is 89.6 Å². The Hall–Kier alpha value is -3.61. The fraction of sp³-hybridized carbons (Fsp3) is 0.0800. The molecule has 0 bridgehead atoms. The molecule has 6 nitrogen and oxygen atoms in total. The summed E-state index contributed by atoms with van der Waals surface area (Å²) < 4.78 is 5.30. The number of hydrogen-bond acceptors (Lipinski definition) is 5. The van der Waals surface area contributed by atoms with Crippen molar-refractivity contribution >= 4 is 46.7 Å². The summed E-state index contributed by atoms with van der Waals surface area (Å²) in [7, 11) is 0. The summed E-state index contributed by atoms with van der Waals surface area (Å²) in [4.78, 5) is 38.7. The Bertz CT molecular complexity index is 1240. The van der Waals surface area contributed by atoms with Crippen molar-refractivity contribution in [2.45, 2.75) is 6.42 Å². The Morgan fingerprint density at radius 2 is 1.52 bits per heavy atom. The molecule has 0 unspecified atom stereocenters. The van der Waals surface area contributed by atoms with Crippen molar-refractivity contribution in [1.82, 2.24) is 4.90 Å². The highest BCUT2D eigenvalue weighted by Gasteiger charge is 2.37. The second-order valence-corrected chi connectivity index (χ2v) is 7.99. The first-order chi connectivity index (χ1) is 15.9. The smallest absolute Gasteiger partial charge is 0.343 e. The van der Waals surface area contributed by atoms with Gasteiger partial charge in [-0.15, -0.1) is 0 Å². The predicted molar refractivity (Wildman–Crippen MR) is 126 cm³/mol. The molecule has 1 N–H and O–H groups in total. The zero-order chi connectivity index (χ0) is 23.4. The van der Waals surface area contributed by atoms with Gasteiger partial charge in [-0.2, -0.15) is 0 Å². The first kappa shape index (κ1) is 22.6. The van der Waals surface area contributed by atoms with Gasteiger partial charge < -0.3 is 10.1 Å². The highest BCUT2D eigenvalue weighted by atomic mass is 35.5. The summed E-state index contributed by atoms with van der Waals surface area (Å²) in [6, 6.07) is 22.5. The van der Waals surface area contributed by atoms with Gasteiger partial charge in [-0.25, -0.2) is 4.79 Å². The van der Waals surface area contributed by atoms with Gasteiger partial charge in [0.1, 0.15) is 16.5 Å². The van der Waals surface area contributed by atoms with Gasteiger partial charge >= 0.3 is 5.97 Å². The molecule has 1 aliphatic heterocycles. The minimum absolute atomic E-state index is 0.00104. The van der Waals surface area contributed by atoms with Crippen LogP contribution in [0.5, 0.6) is 5.75 Å². The summed E-state index contributed by atoms with van der Waals surface area (Å²) in [6.45, 7) is 0.218. The number of esters is 1. The topological polar surface area (TPSA) is 75.7 Å². The van der Waals surface area contributed by atoms with Gasteiger partial charge in [0.25, 0.3) is 11.8 Å². The highest BCUT2D eigenvalue weighted by Crippen LogP contribution is 2.27. The van der Waals surface area contributed by atoms with Gasteiger partial charge in [0.05, 0.1) is 10.6 Å². The summed E-state index contributed by atoms with van der Waals surface area (Å²) >= 11 is 12.2. The molecule has 0 spiro atoms. The molecule has 2 amide bonds. The van der Waals surface area contributed by atoms with Crippen LogP contribution < -0.4 is 10.1 Å². The zero-order valence-electron chi connectivity index (χ0n) is 17.3. The number of anilines is 1. The molecule has 3 aromatic rings. The Morgan fingerprint density at radius 3 is 2.21 bits per heavy atom. The normalized spacial score (nSPS) is 13.5. The van der Waals surface area contributed by atoms with Crippen molar-refractivity contribution in [2.75, 3.05) is 11.9 Å². The van der Waals surface area contributed by atoms with Crippen LogP contribution in [-0.2, 0) is 16.0 Å². The van der Waals surface area contributed by atoms with Crippen molar-refractivity contribution in [3.8, 4) is 5.75 Å². The van der Waals surface area contributed by atoms with Crippen LogP contribution in [0.1, 0.15) is 15.9 Å². The van der Waals surface area contributed by atoms with Crippen LogP contribution in [0.4, 0.5) is 5.69 Å². The van der Waals surface area contributed by atoms with Gasteiger partial charge in [0, 0.05) is 12.2 Å². The van der Waals surface area contributed by atoms with E-state index >= 15 is 0 Å². The Morgan fingerprint density at radius 1 is 0.848 bits per heavy atom. The number of hydrogen-bond donors (Lipinski definition) is 1. The highest BCUT2D eigenvalue weighted by molar-refractivity contribution is 6.48. The van der Waals surface area contributed by atoms with Crippen LogP contribution >= 0.6 is 23.2 Å². The van der Waals surface area contributed by atoms with E-state index in [1.807, 2.05) is 30.3 Å². The molecule has 33 heavy (non-hydrogen) atoms. The molecule has 166 valence electrons. The molecule has 0 saturated carbocycles. The van der Waals surface area contributed by atoms with Crippen LogP contribution in [-0.4, -0.2) is 29.2 Å². The van der Waals surface area contributed by atoms with Crippen LogP contribution in [0.25, 0.3) is 0 Å². The van der Waals surface area contributed by atoms with E-state index < -0.39 is 17.8 Å². The van der Waals surface area contributed by atoms with E-state index in [1.165, 1.54) is 12.1 Å². The Balaban J connectivity index is 1.41. The Kier molecular flexibility index (Phi) is 6.77. The number of halogens is 2. The lowest BCUT2D eigenvalue weighted by Gasteiger charge is -2.15. The van der Waals surface area contributed by atoms with Gasteiger partial charge in [0.15, 0.2) is 0 Å². The minimum Gasteiger partial charge on any atom is -0.421 e. The van der Waals surface area contributed by atoms with Crippen LogP contribution in [0.2, 0.25) is 5.02 Å². The predicted octanol–water partition coefficient (Wildman–Crippen LogP) is 5.03. The summed E-state index contributed by atoms with van der Waals surface area (Å²) in [6.07, 6.45) is 0.526. The summed E-state index contributed by atoms with van der Waals surface area (Å²) in [5.74, 6) is -1.36. The number of rotatable bonds is 7. The molecule has 1 aliphatic rings. The van der Waals surface area contributed by atoms with E-state index in [-0.39, 0.29) is 23.0 Å². The number of carbonyl (C=O) groups excluding carboxylic acids is 3. The molecule has 3 aromatic carbocycles. The fourth-order valence-electron chi connectivity index (χ4n) is 3.26. The van der Waals surface area contributed by atoms with E-state index in [0.29, 0.717) is 22.7 Å². The molecule has 0 radical (unpaired) electrons. The second kappa shape index (κ2) is 9.90. The molecule has 0 aromatic heterocycles. The summed E-state index contributed by atoms with van der Waals surface area (Å²) in [5, 5.41) is 3.04. The summed E-state index contributed by atoms with van der Waals surface area (Å²) in [5.41, 5.74) is 1.79. The van der Waals surface area contributed by atoms with Gasteiger partial charge in [-0.1, -0.05) is 65.7 Å². The standard InChI is InChI=1S/C25H18Cl2N2O4/c26-19-8-4-5-9-20(19)33-25(32)17-10-12-18(13-11-17)28-22-21(27)23(30)29(24(22)31)15-14-16-6-2-1-3-7-16/h1-13,28H,14-15H2. The van der Waals surface area contributed by atoms with Crippen molar-refractivity contribution in [3.63, 3.8) is 0 Å². The maximum atomic E-state index is 12.8. The van der Waals surface area contributed by atoms with E-state index in [1.54, 1.807) is 36.4 Å². The molecular formula is C25H18Cl2N2O4. The number of para-hydroxylation sites is 1. The number of nitrogens with zero attached hydrogens (tertiary/aromatic N) is 1. The number of benzene rings is 3. The molecule has 0 atom stereocenters. The van der Waals surface area contributed by atoms with E-state index in [2.05, 4.69) is 5.32 Å². The molecule has 8 heteroatoms. The van der Waals surface area contributed by atoms with Gasteiger partial charge in [0.2, 0.25) is 0 Å². The number of nitrogens with one attached hydrogen (secondary N) is 1. The molecule has 0 saturated heterocycles. The van der Waals surface area contributed by atoms with Crippen molar-refractivity contribution < 1.29 is 19.1 Å². The number of carbonyl (C=O) groups is 3. The number of amides is 2. The number of ether oxygens (including phenoxy) is 1. The molecule has 0 aliphatic carbocycles. The monoisotopic (exact) mass is 480 g/mol. The lowest BCUT2D eigenvalue weighted by atomic mass is 10.1. The first-order valence-corrected chi connectivity index (χ1v) is 10.8. The third-order valence-corrected chi connectivity index (χ3v) is 5.67.